The van der Waals surface area contributed by atoms with E-state index in [0.29, 0.717) is 24.0 Å². The number of nitrogens with two attached hydrogens (primary N) is 2. The van der Waals surface area contributed by atoms with E-state index >= 15 is 8.78 Å². The molecule has 0 aromatic heterocycles. The topological polar surface area (TPSA) is 144 Å². The first kappa shape index (κ1) is 39.0. The van der Waals surface area contributed by atoms with Crippen LogP contribution in [0.3, 0.4) is 0 Å². The average Bonchev–Trinajstić information content (AvgIpc) is 3.95. The minimum absolute atomic E-state index is 0.00334. The number of amides is 4. The number of nitrogens with one attached hydrogen (secondary N) is 2. The Morgan fingerprint density at radius 2 is 1.04 bits per heavy atom. The molecule has 1 unspecified atom stereocenters. The van der Waals surface area contributed by atoms with Crippen LogP contribution in [-0.2, 0) is 22.4 Å². The summed E-state index contributed by atoms with van der Waals surface area (Å²) in [7, 11) is 0. The molecule has 8 rings (SSSR count). The van der Waals surface area contributed by atoms with Gasteiger partial charge in [-0.15, -0.1) is 0 Å². The number of fused-ring (bicyclic) bond motifs is 4. The zero-order chi connectivity index (χ0) is 39.7. The monoisotopic (exact) mass is 760 g/mol. The summed E-state index contributed by atoms with van der Waals surface area (Å²) in [4.78, 5) is 47.6. The Balaban J connectivity index is 0.000000172. The molecule has 6 aliphatic carbocycles. The highest BCUT2D eigenvalue weighted by Gasteiger charge is 2.38. The van der Waals surface area contributed by atoms with Crippen LogP contribution in [0.4, 0.5) is 8.78 Å². The minimum atomic E-state index is -0.560. The molecule has 0 saturated heterocycles. The van der Waals surface area contributed by atoms with Crippen LogP contribution in [0.25, 0.3) is 11.1 Å². The molecule has 4 amide bonds. The van der Waals surface area contributed by atoms with Crippen LogP contribution in [0.15, 0.2) is 23.3 Å². The number of primary amides is 2. The van der Waals surface area contributed by atoms with Crippen LogP contribution in [-0.4, -0.2) is 35.7 Å². The molecule has 2 fully saturated rings. The van der Waals surface area contributed by atoms with Crippen LogP contribution in [0, 0.1) is 35.3 Å². The molecular formula is C46H50F2N4O4. The van der Waals surface area contributed by atoms with Gasteiger partial charge in [0.25, 0.3) is 11.8 Å². The number of carbonyl (C=O) groups is 4. The van der Waals surface area contributed by atoms with Crippen molar-refractivity contribution in [2.24, 2.45) is 11.5 Å². The van der Waals surface area contributed by atoms with E-state index in [-0.39, 0.29) is 47.4 Å². The summed E-state index contributed by atoms with van der Waals surface area (Å²) in [5.74, 6) is 7.97. The third-order valence-corrected chi connectivity index (χ3v) is 12.7. The number of hydrogen-bond acceptors (Lipinski definition) is 4. The van der Waals surface area contributed by atoms with E-state index in [9.17, 15) is 19.2 Å². The van der Waals surface area contributed by atoms with Crippen molar-refractivity contribution in [3.63, 3.8) is 0 Å². The van der Waals surface area contributed by atoms with Gasteiger partial charge in [0.15, 0.2) is 0 Å². The van der Waals surface area contributed by atoms with E-state index in [1.54, 1.807) is 13.8 Å². The van der Waals surface area contributed by atoms with Gasteiger partial charge in [-0.2, -0.15) is 0 Å². The second-order valence-electron chi connectivity index (χ2n) is 16.1. The highest BCUT2D eigenvalue weighted by Crippen LogP contribution is 2.51. The summed E-state index contributed by atoms with van der Waals surface area (Å²) >= 11 is 0. The summed E-state index contributed by atoms with van der Waals surface area (Å²) in [6.45, 7) is 3.27. The van der Waals surface area contributed by atoms with Gasteiger partial charge < -0.3 is 22.1 Å². The molecule has 0 radical (unpaired) electrons. The summed E-state index contributed by atoms with van der Waals surface area (Å²) < 4.78 is 30.6. The fourth-order valence-corrected chi connectivity index (χ4v) is 10.6. The molecule has 6 aliphatic rings. The van der Waals surface area contributed by atoms with Crippen LogP contribution >= 0.6 is 0 Å². The van der Waals surface area contributed by atoms with E-state index in [4.69, 9.17) is 11.5 Å². The quantitative estimate of drug-likeness (QED) is 0.232. The number of hydrogen-bond donors (Lipinski definition) is 4. The van der Waals surface area contributed by atoms with Crippen molar-refractivity contribution < 1.29 is 28.0 Å². The number of allylic oxidation sites excluding steroid dienone is 4. The lowest BCUT2D eigenvalue weighted by Gasteiger charge is -2.31. The average molecular weight is 761 g/mol. The first-order valence-corrected chi connectivity index (χ1v) is 20.2. The standard InChI is InChI=1S/2C23H25FN2O2/c2*1-2-5-20(27)26-15-8-3-7-14(10-15)21-19(24)12-18(23(25)28)17-11-13-6-4-9-16(13)22(17)21/h2*12,14-15H,3-4,6-11H2,1H3,(H2,25,28)(H,26,27)/t14?,15-;14-,15+/m01/s1. The number of halogens is 2. The van der Waals surface area contributed by atoms with E-state index in [1.807, 2.05) is 0 Å². The molecule has 292 valence electrons. The largest absolute Gasteiger partial charge is 0.366 e. The van der Waals surface area contributed by atoms with Crippen LogP contribution in [0.5, 0.6) is 0 Å². The summed E-state index contributed by atoms with van der Waals surface area (Å²) in [6.07, 6.45) is 14.3. The van der Waals surface area contributed by atoms with E-state index < -0.39 is 11.8 Å². The van der Waals surface area contributed by atoms with Crippen molar-refractivity contribution in [1.82, 2.24) is 10.6 Å². The maximum Gasteiger partial charge on any atom is 0.296 e. The molecule has 2 aromatic carbocycles. The SMILES string of the molecule is CC#CC(=O)N[C@H]1CCCC(c2c(F)cc(C(N)=O)c3c2C2=C(CCC2)C3)C1.CC#CC(=O)N[C@H]1CCC[C@@H](c2c(F)cc(C(N)=O)c3c2C2=C(CCC2)C3)C1. The number of benzene rings is 2. The summed E-state index contributed by atoms with van der Waals surface area (Å²) in [6, 6.07) is 2.67. The Morgan fingerprint density at radius 1 is 0.625 bits per heavy atom. The molecule has 0 heterocycles. The van der Waals surface area contributed by atoms with Gasteiger partial charge in [0.1, 0.15) is 11.6 Å². The maximum atomic E-state index is 15.3. The molecule has 2 aromatic rings. The second-order valence-corrected chi connectivity index (χ2v) is 16.1. The molecular weight excluding hydrogens is 711 g/mol. The van der Waals surface area contributed by atoms with E-state index in [0.717, 1.165) is 123 Å². The van der Waals surface area contributed by atoms with Crippen molar-refractivity contribution in [2.45, 2.75) is 141 Å². The van der Waals surface area contributed by atoms with Crippen molar-refractivity contribution in [3.8, 4) is 23.7 Å². The van der Waals surface area contributed by atoms with Crippen molar-refractivity contribution in [2.75, 3.05) is 0 Å². The second kappa shape index (κ2) is 16.5. The lowest BCUT2D eigenvalue weighted by molar-refractivity contribution is -0.117. The molecule has 10 heteroatoms. The molecule has 2 saturated carbocycles. The van der Waals surface area contributed by atoms with Crippen molar-refractivity contribution in [1.29, 1.82) is 0 Å². The third kappa shape index (κ3) is 7.63. The smallest absolute Gasteiger partial charge is 0.296 e. The van der Waals surface area contributed by atoms with Gasteiger partial charge in [-0.05, 0) is 184 Å². The molecule has 4 atom stereocenters. The molecule has 0 bridgehead atoms. The minimum Gasteiger partial charge on any atom is -0.366 e. The Bertz CT molecular complexity index is 2060. The van der Waals surface area contributed by atoms with Crippen LogP contribution in [0.2, 0.25) is 0 Å². The van der Waals surface area contributed by atoms with Crippen molar-refractivity contribution >= 4 is 34.8 Å². The Hall–Kier alpha value is -5.22. The lowest BCUT2D eigenvalue weighted by Crippen LogP contribution is -2.37. The van der Waals surface area contributed by atoms with E-state index in [2.05, 4.69) is 34.3 Å². The number of rotatable bonds is 6. The fourth-order valence-electron chi connectivity index (χ4n) is 10.6. The van der Waals surface area contributed by atoms with Crippen LogP contribution < -0.4 is 22.1 Å². The van der Waals surface area contributed by atoms with Crippen LogP contribution in [0.1, 0.15) is 170 Å². The summed E-state index contributed by atoms with van der Waals surface area (Å²) in [5, 5.41) is 5.92. The van der Waals surface area contributed by atoms with Gasteiger partial charge in [0, 0.05) is 23.2 Å². The molecule has 0 spiro atoms. The first-order valence-electron chi connectivity index (χ1n) is 20.2. The fraction of sp³-hybridized carbons (Fsp3) is 0.478. The van der Waals surface area contributed by atoms with Gasteiger partial charge in [0.05, 0.1) is 0 Å². The highest BCUT2D eigenvalue weighted by molar-refractivity contribution is 5.99. The van der Waals surface area contributed by atoms with Gasteiger partial charge in [-0.25, -0.2) is 8.78 Å². The van der Waals surface area contributed by atoms with Gasteiger partial charge in [-0.3, -0.25) is 19.2 Å². The van der Waals surface area contributed by atoms with Gasteiger partial charge in [0.2, 0.25) is 11.8 Å². The normalized spacial score (nSPS) is 22.9. The predicted molar refractivity (Wildman–Crippen MR) is 212 cm³/mol. The molecule has 0 aliphatic heterocycles. The Kier molecular flexibility index (Phi) is 11.5. The zero-order valence-corrected chi connectivity index (χ0v) is 32.3. The Morgan fingerprint density at radius 3 is 1.41 bits per heavy atom. The molecule has 6 N–H and O–H groups in total. The highest BCUT2D eigenvalue weighted by atomic mass is 19.1. The third-order valence-electron chi connectivity index (χ3n) is 12.7. The molecule has 8 nitrogen and oxygen atoms in total. The predicted octanol–water partition coefficient (Wildman–Crippen LogP) is 7.17. The van der Waals surface area contributed by atoms with Gasteiger partial charge in [-0.1, -0.05) is 35.8 Å². The first-order chi connectivity index (χ1) is 27.0. The van der Waals surface area contributed by atoms with Crippen molar-refractivity contribution in [3.05, 3.63) is 79.4 Å². The Labute approximate surface area is 327 Å². The summed E-state index contributed by atoms with van der Waals surface area (Å²) in [5.41, 5.74) is 22.1. The number of carbonyl (C=O) groups excluding carboxylic acids is 4. The molecule has 56 heavy (non-hydrogen) atoms. The van der Waals surface area contributed by atoms with Gasteiger partial charge >= 0.3 is 0 Å². The maximum absolute atomic E-state index is 15.3. The zero-order valence-electron chi connectivity index (χ0n) is 32.3. The van der Waals surface area contributed by atoms with E-state index in [1.165, 1.54) is 34.4 Å². The lowest BCUT2D eigenvalue weighted by atomic mass is 9.77.